The fourth-order valence-electron chi connectivity index (χ4n) is 3.94. The molecule has 0 spiro atoms. The zero-order valence-corrected chi connectivity index (χ0v) is 20.1. The summed E-state index contributed by atoms with van der Waals surface area (Å²) in [5.74, 6) is -1.63. The Balaban J connectivity index is 1.54. The average molecular weight is 551 g/mol. The van der Waals surface area contributed by atoms with Crippen LogP contribution in [0.3, 0.4) is 0 Å². The number of hydrogen-bond acceptors (Lipinski definition) is 6. The third-order valence-corrected chi connectivity index (χ3v) is 7.77. The van der Waals surface area contributed by atoms with Crippen LogP contribution in [-0.2, 0) is 27.5 Å². The van der Waals surface area contributed by atoms with Gasteiger partial charge in [0, 0.05) is 31.0 Å². The lowest BCUT2D eigenvalue weighted by molar-refractivity contribution is -0.141. The van der Waals surface area contributed by atoms with Gasteiger partial charge in [-0.25, -0.2) is 17.2 Å². The Morgan fingerprint density at radius 3 is 2.45 bits per heavy atom. The highest BCUT2D eigenvalue weighted by molar-refractivity contribution is 7.89. The Hall–Kier alpha value is -3.96. The summed E-state index contributed by atoms with van der Waals surface area (Å²) in [6.45, 7) is -0.596. The van der Waals surface area contributed by atoms with Crippen LogP contribution in [-0.4, -0.2) is 47.4 Å². The monoisotopic (exact) mass is 551 g/mol. The molecule has 2 atom stereocenters. The number of carbonyl (C=O) groups is 1. The van der Waals surface area contributed by atoms with Crippen LogP contribution in [0.5, 0.6) is 0 Å². The van der Waals surface area contributed by atoms with Gasteiger partial charge in [0.05, 0.1) is 16.2 Å². The lowest BCUT2D eigenvalue weighted by Gasteiger charge is -2.24. The standard InChI is InChI=1S/C24H18F5N5O3S/c25-17-2-4-18(5-3-17)38(36,37)34-8-7-19(26)22(34)23(35)33-12-15-9-20(31-13-16(15)10-30)14-1-6-21(32-11-14)24(27,28)29/h1-6,9,11,13,19,22H,7-8,12H2,(H,33,35)/t19-,22?/m0/s1. The molecule has 3 heterocycles. The van der Waals surface area contributed by atoms with Gasteiger partial charge in [0.2, 0.25) is 15.9 Å². The zero-order valence-electron chi connectivity index (χ0n) is 19.3. The van der Waals surface area contributed by atoms with Gasteiger partial charge in [-0.2, -0.15) is 22.7 Å². The van der Waals surface area contributed by atoms with E-state index in [0.29, 0.717) is 4.31 Å². The first-order chi connectivity index (χ1) is 17.9. The summed E-state index contributed by atoms with van der Waals surface area (Å²) in [7, 11) is -4.32. The van der Waals surface area contributed by atoms with E-state index in [9.17, 15) is 40.4 Å². The summed E-state index contributed by atoms with van der Waals surface area (Å²) in [6, 6.07) is 7.35. The van der Waals surface area contributed by atoms with Gasteiger partial charge in [-0.1, -0.05) is 0 Å². The summed E-state index contributed by atoms with van der Waals surface area (Å²) < 4.78 is 93.0. The largest absolute Gasteiger partial charge is 0.433 e. The van der Waals surface area contributed by atoms with Gasteiger partial charge in [-0.15, -0.1) is 0 Å². The summed E-state index contributed by atoms with van der Waals surface area (Å²) >= 11 is 0. The van der Waals surface area contributed by atoms with E-state index in [1.54, 1.807) is 0 Å². The molecule has 0 saturated carbocycles. The number of carbonyl (C=O) groups excluding carboxylic acids is 1. The molecule has 14 heteroatoms. The van der Waals surface area contributed by atoms with Crippen LogP contribution < -0.4 is 5.32 Å². The molecule has 1 amide bonds. The number of hydrogen-bond donors (Lipinski definition) is 1. The van der Waals surface area contributed by atoms with Crippen LogP contribution in [0.15, 0.2) is 59.8 Å². The summed E-state index contributed by atoms with van der Waals surface area (Å²) in [4.78, 5) is 20.0. The lowest BCUT2D eigenvalue weighted by Crippen LogP contribution is -2.49. The topological polar surface area (TPSA) is 116 Å². The Morgan fingerprint density at radius 2 is 1.84 bits per heavy atom. The van der Waals surface area contributed by atoms with Crippen molar-refractivity contribution in [2.45, 2.75) is 36.3 Å². The smallest absolute Gasteiger partial charge is 0.350 e. The minimum absolute atomic E-state index is 0.0351. The third kappa shape index (κ3) is 5.48. The van der Waals surface area contributed by atoms with Crippen molar-refractivity contribution in [2.24, 2.45) is 0 Å². The predicted octanol–water partition coefficient (Wildman–Crippen LogP) is 3.59. The number of alkyl halides is 4. The van der Waals surface area contributed by atoms with E-state index >= 15 is 0 Å². The van der Waals surface area contributed by atoms with Gasteiger partial charge in [0.1, 0.15) is 29.8 Å². The molecule has 198 valence electrons. The quantitative estimate of drug-likeness (QED) is 0.468. The molecule has 8 nitrogen and oxygen atoms in total. The summed E-state index contributed by atoms with van der Waals surface area (Å²) in [5.41, 5.74) is -0.467. The second kappa shape index (κ2) is 10.4. The number of rotatable bonds is 6. The van der Waals surface area contributed by atoms with E-state index in [1.807, 2.05) is 6.07 Å². The third-order valence-electron chi connectivity index (χ3n) is 5.88. The molecule has 38 heavy (non-hydrogen) atoms. The number of amides is 1. The first-order valence-corrected chi connectivity index (χ1v) is 12.5. The maximum atomic E-state index is 14.7. The van der Waals surface area contributed by atoms with Crippen molar-refractivity contribution in [1.82, 2.24) is 19.6 Å². The maximum absolute atomic E-state index is 14.7. The molecular formula is C24H18F5N5O3S. The van der Waals surface area contributed by atoms with E-state index in [4.69, 9.17) is 0 Å². The Kier molecular flexibility index (Phi) is 7.43. The molecule has 0 radical (unpaired) electrons. The number of halogens is 5. The normalized spacial score (nSPS) is 18.2. The van der Waals surface area contributed by atoms with Crippen LogP contribution >= 0.6 is 0 Å². The number of aromatic nitrogens is 2. The SMILES string of the molecule is N#Cc1cnc(-c2ccc(C(F)(F)F)nc2)cc1CNC(=O)C1[C@@H](F)CCN1S(=O)(=O)c1ccc(F)cc1. The Morgan fingerprint density at radius 1 is 1.13 bits per heavy atom. The fraction of sp³-hybridized carbons (Fsp3) is 0.250. The van der Waals surface area contributed by atoms with Gasteiger partial charge < -0.3 is 5.32 Å². The molecule has 4 rings (SSSR count). The van der Waals surface area contributed by atoms with Crippen molar-refractivity contribution in [3.63, 3.8) is 0 Å². The molecule has 1 unspecified atom stereocenters. The Bertz CT molecular complexity index is 1490. The van der Waals surface area contributed by atoms with Crippen molar-refractivity contribution < 1.29 is 35.2 Å². The second-order valence-corrected chi connectivity index (χ2v) is 10.2. The molecule has 2 aromatic heterocycles. The number of pyridine rings is 2. The zero-order chi connectivity index (χ0) is 27.7. The highest BCUT2D eigenvalue weighted by Crippen LogP contribution is 2.30. The van der Waals surface area contributed by atoms with E-state index in [-0.39, 0.29) is 46.8 Å². The van der Waals surface area contributed by atoms with Gasteiger partial charge >= 0.3 is 6.18 Å². The van der Waals surface area contributed by atoms with Crippen LogP contribution in [0, 0.1) is 17.1 Å². The van der Waals surface area contributed by atoms with Crippen molar-refractivity contribution in [1.29, 1.82) is 5.26 Å². The molecule has 1 fully saturated rings. The van der Waals surface area contributed by atoms with Crippen LogP contribution in [0.2, 0.25) is 0 Å². The number of benzene rings is 1. The lowest BCUT2D eigenvalue weighted by atomic mass is 10.1. The molecule has 3 aromatic rings. The number of sulfonamides is 1. The number of nitriles is 1. The fourth-order valence-corrected chi connectivity index (χ4v) is 5.56. The van der Waals surface area contributed by atoms with Gasteiger partial charge in [-0.05, 0) is 54.4 Å². The van der Waals surface area contributed by atoms with Crippen LogP contribution in [0.25, 0.3) is 11.3 Å². The van der Waals surface area contributed by atoms with Crippen LogP contribution in [0.4, 0.5) is 22.0 Å². The first kappa shape index (κ1) is 27.1. The summed E-state index contributed by atoms with van der Waals surface area (Å²) in [5, 5.41) is 11.8. The van der Waals surface area contributed by atoms with Crippen molar-refractivity contribution in [3.05, 3.63) is 77.5 Å². The number of nitrogens with one attached hydrogen (secondary N) is 1. The molecule has 1 N–H and O–H groups in total. The van der Waals surface area contributed by atoms with Crippen LogP contribution in [0.1, 0.15) is 23.2 Å². The molecule has 1 aliphatic heterocycles. The van der Waals surface area contributed by atoms with Crippen molar-refractivity contribution in [2.75, 3.05) is 6.54 Å². The highest BCUT2D eigenvalue weighted by Gasteiger charge is 2.46. The molecule has 1 aromatic carbocycles. The minimum Gasteiger partial charge on any atom is -0.350 e. The van der Waals surface area contributed by atoms with E-state index in [2.05, 4.69) is 15.3 Å². The van der Waals surface area contributed by atoms with E-state index in [0.717, 1.165) is 48.8 Å². The number of nitrogens with zero attached hydrogens (tertiary/aromatic N) is 4. The van der Waals surface area contributed by atoms with Gasteiger partial charge in [-0.3, -0.25) is 14.8 Å². The highest BCUT2D eigenvalue weighted by atomic mass is 32.2. The van der Waals surface area contributed by atoms with Gasteiger partial charge in [0.15, 0.2) is 0 Å². The minimum atomic E-state index is -4.63. The molecule has 0 bridgehead atoms. The Labute approximate surface area is 213 Å². The summed E-state index contributed by atoms with van der Waals surface area (Å²) in [6.07, 6.45) is -4.55. The second-order valence-electron chi connectivity index (χ2n) is 8.31. The average Bonchev–Trinajstić information content (AvgIpc) is 3.29. The molecular weight excluding hydrogens is 533 g/mol. The van der Waals surface area contributed by atoms with E-state index in [1.165, 1.54) is 6.07 Å². The molecule has 1 aliphatic rings. The first-order valence-electron chi connectivity index (χ1n) is 11.0. The predicted molar refractivity (Wildman–Crippen MR) is 123 cm³/mol. The van der Waals surface area contributed by atoms with Crippen molar-refractivity contribution in [3.8, 4) is 17.3 Å². The van der Waals surface area contributed by atoms with Crippen molar-refractivity contribution >= 4 is 15.9 Å². The molecule has 0 aliphatic carbocycles. The molecule has 1 saturated heterocycles. The maximum Gasteiger partial charge on any atom is 0.433 e. The van der Waals surface area contributed by atoms with E-state index < -0.39 is 45.8 Å². The van der Waals surface area contributed by atoms with Gasteiger partial charge in [0.25, 0.3) is 0 Å².